The van der Waals surface area contributed by atoms with E-state index in [1.807, 2.05) is 26.0 Å². The Labute approximate surface area is 131 Å². The lowest BCUT2D eigenvalue weighted by molar-refractivity contribution is -0.147. The molecule has 0 unspecified atom stereocenters. The highest BCUT2D eigenvalue weighted by molar-refractivity contribution is 5.76. The van der Waals surface area contributed by atoms with Crippen LogP contribution < -0.4 is 5.32 Å². The maximum absolute atomic E-state index is 12.2. The molecular weight excluding hydrogens is 280 g/mol. The van der Waals surface area contributed by atoms with Crippen LogP contribution in [-0.2, 0) is 16.0 Å². The Morgan fingerprint density at radius 1 is 1.36 bits per heavy atom. The second kappa shape index (κ2) is 7.29. The zero-order valence-corrected chi connectivity index (χ0v) is 13.5. The molecule has 0 bridgehead atoms. The molecule has 0 fully saturated rings. The Hall–Kier alpha value is -2.04. The fourth-order valence-electron chi connectivity index (χ4n) is 2.80. The minimum atomic E-state index is -0.288. The number of benzene rings is 1. The van der Waals surface area contributed by atoms with Crippen LogP contribution in [0.4, 0.5) is 4.79 Å². The van der Waals surface area contributed by atoms with Gasteiger partial charge in [0.1, 0.15) is 0 Å². The number of carbonyl (C=O) groups excluding carboxylic acids is 2. The maximum Gasteiger partial charge on any atom is 0.317 e. The van der Waals surface area contributed by atoms with Crippen LogP contribution in [0.3, 0.4) is 0 Å². The number of nitrogens with zero attached hydrogens (tertiary/aromatic N) is 1. The molecule has 1 atom stereocenters. The summed E-state index contributed by atoms with van der Waals surface area (Å²) in [6.07, 6.45) is 2.01. The topological polar surface area (TPSA) is 58.6 Å². The van der Waals surface area contributed by atoms with Gasteiger partial charge in [-0.2, -0.15) is 0 Å². The molecule has 0 spiro atoms. The Kier molecular flexibility index (Phi) is 5.41. The first-order valence-electron chi connectivity index (χ1n) is 7.77. The number of hydrogen-bond acceptors (Lipinski definition) is 3. The van der Waals surface area contributed by atoms with Gasteiger partial charge in [-0.15, -0.1) is 0 Å². The van der Waals surface area contributed by atoms with E-state index in [1.165, 1.54) is 11.1 Å². The largest absolute Gasteiger partial charge is 0.463 e. The Morgan fingerprint density at radius 2 is 2.09 bits per heavy atom. The molecule has 0 aliphatic heterocycles. The summed E-state index contributed by atoms with van der Waals surface area (Å²) in [4.78, 5) is 25.4. The third-order valence-electron chi connectivity index (χ3n) is 3.86. The summed E-state index contributed by atoms with van der Waals surface area (Å²) in [5, 5.41) is 2.78. The molecule has 0 saturated heterocycles. The van der Waals surface area contributed by atoms with E-state index in [0.717, 1.165) is 12.8 Å². The van der Waals surface area contributed by atoms with Crippen LogP contribution in [0.15, 0.2) is 24.3 Å². The molecule has 2 rings (SSSR count). The first kappa shape index (κ1) is 16.3. The molecular formula is C17H24N2O3. The average Bonchev–Trinajstić information content (AvgIpc) is 2.89. The monoisotopic (exact) mass is 304 g/mol. The number of fused-ring (bicyclic) bond motifs is 1. The van der Waals surface area contributed by atoms with Crippen molar-refractivity contribution in [2.75, 3.05) is 13.6 Å². The second-order valence-electron chi connectivity index (χ2n) is 5.88. The predicted octanol–water partition coefficient (Wildman–Crippen LogP) is 2.66. The molecule has 1 N–H and O–H groups in total. The van der Waals surface area contributed by atoms with Gasteiger partial charge in [0.15, 0.2) is 0 Å². The highest BCUT2D eigenvalue weighted by Gasteiger charge is 2.28. The highest BCUT2D eigenvalue weighted by Crippen LogP contribution is 2.34. The fraction of sp³-hybridized carbons (Fsp3) is 0.529. The molecule has 5 nitrogen and oxygen atoms in total. The van der Waals surface area contributed by atoms with Crippen molar-refractivity contribution in [1.82, 2.24) is 10.2 Å². The summed E-state index contributed by atoms with van der Waals surface area (Å²) >= 11 is 0. The van der Waals surface area contributed by atoms with Crippen molar-refractivity contribution in [3.8, 4) is 0 Å². The summed E-state index contributed by atoms with van der Waals surface area (Å²) in [5.74, 6) is -0.288. The summed E-state index contributed by atoms with van der Waals surface area (Å²) in [7, 11) is 1.80. The summed E-state index contributed by atoms with van der Waals surface area (Å²) < 4.78 is 5.03. The number of urea groups is 1. The molecule has 0 heterocycles. The van der Waals surface area contributed by atoms with Gasteiger partial charge >= 0.3 is 12.0 Å². The number of ether oxygens (including phenoxy) is 1. The van der Waals surface area contributed by atoms with Crippen molar-refractivity contribution < 1.29 is 14.3 Å². The van der Waals surface area contributed by atoms with Gasteiger partial charge in [0.2, 0.25) is 0 Å². The maximum atomic E-state index is 12.2. The number of carbonyl (C=O) groups is 2. The van der Waals surface area contributed by atoms with Gasteiger partial charge in [-0.25, -0.2) is 4.79 Å². The third-order valence-corrected chi connectivity index (χ3v) is 3.86. The number of amides is 2. The molecule has 0 aromatic heterocycles. The van der Waals surface area contributed by atoms with E-state index in [0.29, 0.717) is 6.54 Å². The quantitative estimate of drug-likeness (QED) is 0.851. The van der Waals surface area contributed by atoms with E-state index >= 15 is 0 Å². The Bertz CT molecular complexity index is 542. The first-order chi connectivity index (χ1) is 10.5. The number of nitrogens with one attached hydrogen (secondary N) is 1. The smallest absolute Gasteiger partial charge is 0.317 e. The van der Waals surface area contributed by atoms with Gasteiger partial charge in [0, 0.05) is 13.6 Å². The lowest BCUT2D eigenvalue weighted by Crippen LogP contribution is -2.40. The number of esters is 1. The van der Waals surface area contributed by atoms with E-state index in [1.54, 1.807) is 11.9 Å². The van der Waals surface area contributed by atoms with E-state index in [9.17, 15) is 9.59 Å². The first-order valence-corrected chi connectivity index (χ1v) is 7.77. The van der Waals surface area contributed by atoms with E-state index < -0.39 is 0 Å². The summed E-state index contributed by atoms with van der Waals surface area (Å²) in [6, 6.07) is 8.18. The van der Waals surface area contributed by atoms with Gasteiger partial charge < -0.3 is 15.0 Å². The van der Waals surface area contributed by atoms with Gasteiger partial charge in [0.05, 0.1) is 18.6 Å². The van der Waals surface area contributed by atoms with E-state index in [-0.39, 0.29) is 30.6 Å². The second-order valence-corrected chi connectivity index (χ2v) is 5.88. The summed E-state index contributed by atoms with van der Waals surface area (Å²) in [6.45, 7) is 3.91. The van der Waals surface area contributed by atoms with Crippen LogP contribution in [-0.4, -0.2) is 36.6 Å². The van der Waals surface area contributed by atoms with Crippen LogP contribution in [0.1, 0.15) is 43.9 Å². The lowest BCUT2D eigenvalue weighted by Gasteiger charge is -2.25. The van der Waals surface area contributed by atoms with Crippen molar-refractivity contribution in [1.29, 1.82) is 0 Å². The van der Waals surface area contributed by atoms with Gasteiger partial charge in [0.25, 0.3) is 0 Å². The van der Waals surface area contributed by atoms with Gasteiger partial charge in [-0.1, -0.05) is 24.3 Å². The van der Waals surface area contributed by atoms with Crippen molar-refractivity contribution in [2.45, 2.75) is 45.3 Å². The fourth-order valence-corrected chi connectivity index (χ4v) is 2.80. The molecule has 120 valence electrons. The molecule has 22 heavy (non-hydrogen) atoms. The van der Waals surface area contributed by atoms with Crippen LogP contribution in [0.2, 0.25) is 0 Å². The Balaban J connectivity index is 1.82. The molecule has 0 saturated carbocycles. The highest BCUT2D eigenvalue weighted by atomic mass is 16.5. The molecule has 1 aromatic rings. The molecule has 2 amide bonds. The van der Waals surface area contributed by atoms with Crippen LogP contribution in [0, 0.1) is 0 Å². The summed E-state index contributed by atoms with van der Waals surface area (Å²) in [5.41, 5.74) is 2.53. The molecule has 0 radical (unpaired) electrons. The van der Waals surface area contributed by atoms with Crippen molar-refractivity contribution in [2.24, 2.45) is 0 Å². The normalized spacial score (nSPS) is 16.3. The van der Waals surface area contributed by atoms with Crippen LogP contribution in [0.5, 0.6) is 0 Å². The molecule has 1 aliphatic carbocycles. The standard InChI is InChI=1S/C17H24N2O3/c1-12(2)22-16(20)10-11-18-17(21)19(3)15-9-8-13-6-4-5-7-14(13)15/h4-7,12,15H,8-11H2,1-3H3,(H,18,21)/t15-/m0/s1. The Morgan fingerprint density at radius 3 is 2.82 bits per heavy atom. The van der Waals surface area contributed by atoms with Crippen LogP contribution >= 0.6 is 0 Å². The predicted molar refractivity (Wildman–Crippen MR) is 84.5 cm³/mol. The van der Waals surface area contributed by atoms with Crippen molar-refractivity contribution >= 4 is 12.0 Å². The number of rotatable bonds is 5. The number of hydrogen-bond donors (Lipinski definition) is 1. The average molecular weight is 304 g/mol. The molecule has 1 aromatic carbocycles. The lowest BCUT2D eigenvalue weighted by atomic mass is 10.1. The van der Waals surface area contributed by atoms with Crippen molar-refractivity contribution in [3.05, 3.63) is 35.4 Å². The third kappa shape index (κ3) is 4.00. The van der Waals surface area contributed by atoms with Gasteiger partial charge in [-0.3, -0.25) is 4.79 Å². The van der Waals surface area contributed by atoms with E-state index in [2.05, 4.69) is 17.4 Å². The SMILES string of the molecule is CC(C)OC(=O)CCNC(=O)N(C)[C@H]1CCc2ccccc21. The van der Waals surface area contributed by atoms with Gasteiger partial charge in [-0.05, 0) is 37.8 Å². The molecule has 1 aliphatic rings. The van der Waals surface area contributed by atoms with Crippen LogP contribution in [0.25, 0.3) is 0 Å². The van der Waals surface area contributed by atoms with E-state index in [4.69, 9.17) is 4.74 Å². The zero-order valence-electron chi connectivity index (χ0n) is 13.5. The minimum absolute atomic E-state index is 0.110. The molecule has 5 heteroatoms. The zero-order chi connectivity index (χ0) is 16.1. The minimum Gasteiger partial charge on any atom is -0.463 e. The van der Waals surface area contributed by atoms with Crippen molar-refractivity contribution in [3.63, 3.8) is 0 Å². The number of aryl methyl sites for hydroxylation is 1.